The number of carbonyl (C=O) groups excluding carboxylic acids is 1. The monoisotopic (exact) mass is 342 g/mol. The number of aliphatic carboxylic acids is 1. The van der Waals surface area contributed by atoms with E-state index in [1.165, 1.54) is 4.68 Å². The first-order valence-electron chi connectivity index (χ1n) is 8.53. The molecule has 1 amide bonds. The van der Waals surface area contributed by atoms with Gasteiger partial charge in [-0.25, -0.2) is 0 Å². The van der Waals surface area contributed by atoms with Crippen LogP contribution in [0.2, 0.25) is 0 Å². The lowest BCUT2D eigenvalue weighted by atomic mass is 9.94. The van der Waals surface area contributed by atoms with Crippen LogP contribution in [-0.4, -0.2) is 49.7 Å². The smallest absolute Gasteiger partial charge is 0.325 e. The molecule has 1 atom stereocenters. The zero-order valence-corrected chi connectivity index (χ0v) is 14.0. The maximum Gasteiger partial charge on any atom is 0.325 e. The highest BCUT2D eigenvalue weighted by Gasteiger charge is 2.26. The van der Waals surface area contributed by atoms with Crippen molar-refractivity contribution >= 4 is 11.9 Å². The normalized spacial score (nSPS) is 17.4. The highest BCUT2D eigenvalue weighted by Crippen LogP contribution is 2.26. The van der Waals surface area contributed by atoms with Crippen molar-refractivity contribution in [2.24, 2.45) is 0 Å². The molecule has 0 radical (unpaired) electrons. The lowest BCUT2D eigenvalue weighted by molar-refractivity contribution is -0.138. The molecule has 0 aliphatic carbocycles. The molecule has 3 heterocycles. The highest BCUT2D eigenvalue weighted by atomic mass is 16.4. The molecule has 0 saturated carbocycles. The Labute approximate surface area is 146 Å². The van der Waals surface area contributed by atoms with Gasteiger partial charge in [-0.15, -0.1) is 0 Å². The Morgan fingerprint density at radius 1 is 1.32 bits per heavy atom. The van der Waals surface area contributed by atoms with Gasteiger partial charge in [-0.1, -0.05) is 6.07 Å². The third kappa shape index (κ3) is 4.65. The molecule has 2 aromatic rings. The number of rotatable bonds is 6. The van der Waals surface area contributed by atoms with Crippen LogP contribution in [0.1, 0.15) is 36.4 Å². The lowest BCUT2D eigenvalue weighted by Crippen LogP contribution is -2.39. The Kier molecular flexibility index (Phi) is 5.42. The van der Waals surface area contributed by atoms with Crippen LogP contribution in [-0.2, 0) is 22.6 Å². The molecule has 1 aliphatic rings. The van der Waals surface area contributed by atoms with E-state index >= 15 is 0 Å². The van der Waals surface area contributed by atoms with Crippen LogP contribution >= 0.6 is 0 Å². The number of aromatic nitrogens is 3. The van der Waals surface area contributed by atoms with E-state index in [4.69, 9.17) is 5.11 Å². The highest BCUT2D eigenvalue weighted by molar-refractivity contribution is 5.76. The standard InChI is InChI=1S/C18H22N4O3/c23-17(6-5-14-3-1-8-19-11-14)21-9-2-4-15(12-21)16-7-10-22(20-16)13-18(24)25/h1,3,7-8,10-11,15H,2,4-6,9,12-13H2,(H,24,25). The Morgan fingerprint density at radius 3 is 2.96 bits per heavy atom. The van der Waals surface area contributed by atoms with E-state index in [0.29, 0.717) is 19.4 Å². The predicted octanol–water partition coefficient (Wildman–Crippen LogP) is 1.70. The van der Waals surface area contributed by atoms with E-state index in [-0.39, 0.29) is 18.4 Å². The van der Waals surface area contributed by atoms with Gasteiger partial charge in [0.15, 0.2) is 0 Å². The van der Waals surface area contributed by atoms with E-state index in [1.54, 1.807) is 18.6 Å². The number of nitrogens with zero attached hydrogens (tertiary/aromatic N) is 4. The molecule has 25 heavy (non-hydrogen) atoms. The fourth-order valence-corrected chi connectivity index (χ4v) is 3.22. The van der Waals surface area contributed by atoms with Crippen molar-refractivity contribution in [2.75, 3.05) is 13.1 Å². The number of carboxylic acid groups (broad SMARTS) is 1. The van der Waals surface area contributed by atoms with Gasteiger partial charge in [0, 0.05) is 44.0 Å². The van der Waals surface area contributed by atoms with Crippen molar-refractivity contribution in [3.8, 4) is 0 Å². The van der Waals surface area contributed by atoms with Crippen molar-refractivity contribution in [3.05, 3.63) is 48.0 Å². The molecule has 3 rings (SSSR count). The van der Waals surface area contributed by atoms with Crippen LogP contribution in [0.5, 0.6) is 0 Å². The number of aryl methyl sites for hydroxylation is 1. The molecular weight excluding hydrogens is 320 g/mol. The SMILES string of the molecule is O=C(O)Cn1ccc(C2CCCN(C(=O)CCc3cccnc3)C2)n1. The summed E-state index contributed by atoms with van der Waals surface area (Å²) in [5, 5.41) is 13.2. The van der Waals surface area contributed by atoms with Gasteiger partial charge in [-0.2, -0.15) is 5.10 Å². The summed E-state index contributed by atoms with van der Waals surface area (Å²) >= 11 is 0. The molecule has 1 N–H and O–H groups in total. The summed E-state index contributed by atoms with van der Waals surface area (Å²) in [7, 11) is 0. The minimum atomic E-state index is -0.912. The Balaban J connectivity index is 1.56. The molecule has 0 bridgehead atoms. The van der Waals surface area contributed by atoms with Crippen molar-refractivity contribution in [1.29, 1.82) is 0 Å². The first kappa shape index (κ1) is 17.1. The summed E-state index contributed by atoms with van der Waals surface area (Å²) in [6.07, 6.45) is 8.29. The third-order valence-corrected chi connectivity index (χ3v) is 4.50. The third-order valence-electron chi connectivity index (χ3n) is 4.50. The largest absolute Gasteiger partial charge is 0.480 e. The topological polar surface area (TPSA) is 88.3 Å². The quantitative estimate of drug-likeness (QED) is 0.863. The minimum absolute atomic E-state index is 0.138. The Bertz CT molecular complexity index is 729. The second-order valence-electron chi connectivity index (χ2n) is 6.37. The molecule has 7 nitrogen and oxygen atoms in total. The van der Waals surface area contributed by atoms with Gasteiger partial charge in [-0.05, 0) is 37.0 Å². The summed E-state index contributed by atoms with van der Waals surface area (Å²) in [5.41, 5.74) is 1.93. The molecular formula is C18H22N4O3. The van der Waals surface area contributed by atoms with Crippen molar-refractivity contribution in [3.63, 3.8) is 0 Å². The van der Waals surface area contributed by atoms with Crippen molar-refractivity contribution < 1.29 is 14.7 Å². The summed E-state index contributed by atoms with van der Waals surface area (Å²) in [4.78, 5) is 29.2. The van der Waals surface area contributed by atoms with Gasteiger partial charge in [0.1, 0.15) is 6.54 Å². The van der Waals surface area contributed by atoms with E-state index in [2.05, 4.69) is 10.1 Å². The predicted molar refractivity (Wildman–Crippen MR) is 91.0 cm³/mol. The van der Waals surface area contributed by atoms with E-state index in [1.807, 2.05) is 23.1 Å². The molecule has 7 heteroatoms. The van der Waals surface area contributed by atoms with Gasteiger partial charge in [-0.3, -0.25) is 19.3 Å². The summed E-state index contributed by atoms with van der Waals surface area (Å²) in [6.45, 7) is 1.29. The number of hydrogen-bond acceptors (Lipinski definition) is 4. The van der Waals surface area contributed by atoms with Gasteiger partial charge in [0.2, 0.25) is 5.91 Å². The summed E-state index contributed by atoms with van der Waals surface area (Å²) in [6, 6.07) is 5.72. The van der Waals surface area contributed by atoms with Crippen molar-refractivity contribution in [1.82, 2.24) is 19.7 Å². The summed E-state index contributed by atoms with van der Waals surface area (Å²) < 4.78 is 1.43. The lowest BCUT2D eigenvalue weighted by Gasteiger charge is -2.32. The zero-order valence-electron chi connectivity index (χ0n) is 14.0. The number of carbonyl (C=O) groups is 2. The molecule has 2 aromatic heterocycles. The van der Waals surface area contributed by atoms with Crippen LogP contribution < -0.4 is 0 Å². The number of amides is 1. The summed E-state index contributed by atoms with van der Waals surface area (Å²) in [5.74, 6) is -0.588. The molecule has 1 fully saturated rings. The number of carboxylic acids is 1. The fraction of sp³-hybridized carbons (Fsp3) is 0.444. The van der Waals surface area contributed by atoms with E-state index in [9.17, 15) is 9.59 Å². The van der Waals surface area contributed by atoms with Gasteiger partial charge in [0.25, 0.3) is 0 Å². The van der Waals surface area contributed by atoms with Gasteiger partial charge in [0.05, 0.1) is 5.69 Å². The van der Waals surface area contributed by atoms with Gasteiger partial charge < -0.3 is 10.0 Å². The maximum atomic E-state index is 12.5. The molecule has 1 aliphatic heterocycles. The van der Waals surface area contributed by atoms with E-state index in [0.717, 1.165) is 30.6 Å². The molecule has 1 unspecified atom stereocenters. The van der Waals surface area contributed by atoms with E-state index < -0.39 is 5.97 Å². The second kappa shape index (κ2) is 7.92. The van der Waals surface area contributed by atoms with Crippen LogP contribution in [0.4, 0.5) is 0 Å². The first-order chi connectivity index (χ1) is 12.1. The second-order valence-corrected chi connectivity index (χ2v) is 6.37. The number of hydrogen-bond donors (Lipinski definition) is 1. The Hall–Kier alpha value is -2.70. The Morgan fingerprint density at radius 2 is 2.20 bits per heavy atom. The average molecular weight is 342 g/mol. The fourth-order valence-electron chi connectivity index (χ4n) is 3.22. The average Bonchev–Trinajstić information content (AvgIpc) is 3.08. The van der Waals surface area contributed by atoms with Crippen LogP contribution in [0.25, 0.3) is 0 Å². The van der Waals surface area contributed by atoms with Crippen LogP contribution in [0.3, 0.4) is 0 Å². The van der Waals surface area contributed by atoms with Crippen molar-refractivity contribution in [2.45, 2.75) is 38.1 Å². The number of likely N-dealkylation sites (tertiary alicyclic amines) is 1. The minimum Gasteiger partial charge on any atom is -0.480 e. The zero-order chi connectivity index (χ0) is 17.6. The molecule has 1 saturated heterocycles. The molecule has 132 valence electrons. The molecule has 0 aromatic carbocycles. The molecule has 0 spiro atoms. The maximum absolute atomic E-state index is 12.5. The number of pyridine rings is 1. The number of piperidine rings is 1. The van der Waals surface area contributed by atoms with Gasteiger partial charge >= 0.3 is 5.97 Å². The van der Waals surface area contributed by atoms with Crippen LogP contribution in [0, 0.1) is 0 Å². The first-order valence-corrected chi connectivity index (χ1v) is 8.53. The van der Waals surface area contributed by atoms with Crippen LogP contribution in [0.15, 0.2) is 36.8 Å².